The third-order valence-corrected chi connectivity index (χ3v) is 3.40. The molecule has 1 aromatic heterocycles. The van der Waals surface area contributed by atoms with Crippen molar-refractivity contribution in [3.8, 4) is 11.6 Å². The van der Waals surface area contributed by atoms with Gasteiger partial charge in [-0.2, -0.15) is 0 Å². The van der Waals surface area contributed by atoms with Crippen molar-refractivity contribution in [2.75, 3.05) is 5.73 Å². The number of hydrogen-bond acceptors (Lipinski definition) is 4. The van der Waals surface area contributed by atoms with Crippen molar-refractivity contribution < 1.29 is 4.74 Å². The van der Waals surface area contributed by atoms with Crippen LogP contribution in [0.2, 0.25) is 0 Å². The fraction of sp³-hybridized carbons (Fsp3) is 0.176. The highest BCUT2D eigenvalue weighted by Crippen LogP contribution is 2.31. The van der Waals surface area contributed by atoms with Gasteiger partial charge in [-0.25, -0.2) is 9.97 Å². The molecule has 0 aliphatic heterocycles. The lowest BCUT2D eigenvalue weighted by Gasteiger charge is -2.12. The predicted octanol–water partition coefficient (Wildman–Crippen LogP) is 3.96. The Morgan fingerprint density at radius 1 is 1.05 bits per heavy atom. The van der Waals surface area contributed by atoms with E-state index in [2.05, 4.69) is 29.0 Å². The SMILES string of the molecule is CCCc1c(N)ncnc1Oc1cccc2ccccc12. The first-order valence-electron chi connectivity index (χ1n) is 7.04. The topological polar surface area (TPSA) is 61.0 Å². The summed E-state index contributed by atoms with van der Waals surface area (Å²) >= 11 is 0. The van der Waals surface area contributed by atoms with Gasteiger partial charge >= 0.3 is 0 Å². The summed E-state index contributed by atoms with van der Waals surface area (Å²) in [6, 6.07) is 14.1. The number of ether oxygens (including phenoxy) is 1. The van der Waals surface area contributed by atoms with Gasteiger partial charge in [-0.3, -0.25) is 0 Å². The lowest BCUT2D eigenvalue weighted by molar-refractivity contribution is 0.459. The molecule has 0 amide bonds. The third-order valence-electron chi connectivity index (χ3n) is 3.40. The van der Waals surface area contributed by atoms with Gasteiger partial charge in [-0.1, -0.05) is 49.7 Å². The largest absolute Gasteiger partial charge is 0.438 e. The van der Waals surface area contributed by atoms with Crippen molar-refractivity contribution in [3.63, 3.8) is 0 Å². The maximum absolute atomic E-state index is 6.03. The number of hydrogen-bond donors (Lipinski definition) is 1. The van der Waals surface area contributed by atoms with Gasteiger partial charge in [0.05, 0.1) is 5.56 Å². The zero-order valence-electron chi connectivity index (χ0n) is 11.9. The Labute approximate surface area is 123 Å². The number of fused-ring (bicyclic) bond motifs is 1. The number of nitrogens with zero attached hydrogens (tertiary/aromatic N) is 2. The van der Waals surface area contributed by atoms with Gasteiger partial charge in [-0.05, 0) is 17.9 Å². The smallest absolute Gasteiger partial charge is 0.227 e. The Morgan fingerprint density at radius 3 is 2.71 bits per heavy atom. The minimum atomic E-state index is 0.488. The van der Waals surface area contributed by atoms with Crippen LogP contribution in [0.1, 0.15) is 18.9 Å². The van der Waals surface area contributed by atoms with Gasteiger partial charge in [0.25, 0.3) is 0 Å². The lowest BCUT2D eigenvalue weighted by Crippen LogP contribution is -2.02. The Hall–Kier alpha value is -2.62. The number of rotatable bonds is 4. The molecule has 1 heterocycles. The van der Waals surface area contributed by atoms with Crippen LogP contribution in [0.25, 0.3) is 10.8 Å². The quantitative estimate of drug-likeness (QED) is 0.785. The van der Waals surface area contributed by atoms with Gasteiger partial charge in [0.2, 0.25) is 5.88 Å². The van der Waals surface area contributed by atoms with Crippen LogP contribution >= 0.6 is 0 Å². The summed E-state index contributed by atoms with van der Waals surface area (Å²) in [5.74, 6) is 1.81. The van der Waals surface area contributed by atoms with Crippen LogP contribution in [0.4, 0.5) is 5.82 Å². The van der Waals surface area contributed by atoms with Crippen molar-refractivity contribution in [2.24, 2.45) is 0 Å². The molecule has 4 nitrogen and oxygen atoms in total. The van der Waals surface area contributed by atoms with E-state index in [1.165, 1.54) is 6.33 Å². The van der Waals surface area contributed by atoms with Crippen LogP contribution in [-0.2, 0) is 6.42 Å². The van der Waals surface area contributed by atoms with Gasteiger partial charge in [0.15, 0.2) is 0 Å². The molecule has 106 valence electrons. The summed E-state index contributed by atoms with van der Waals surface area (Å²) in [5, 5.41) is 2.19. The molecular formula is C17H17N3O. The van der Waals surface area contributed by atoms with E-state index in [0.29, 0.717) is 11.7 Å². The van der Waals surface area contributed by atoms with Crippen LogP contribution < -0.4 is 10.5 Å². The number of nitrogen functional groups attached to an aromatic ring is 1. The van der Waals surface area contributed by atoms with Crippen LogP contribution in [0.5, 0.6) is 11.6 Å². The Morgan fingerprint density at radius 2 is 1.86 bits per heavy atom. The van der Waals surface area contributed by atoms with Crippen LogP contribution in [0, 0.1) is 0 Å². The average Bonchev–Trinajstić information content (AvgIpc) is 2.51. The molecule has 0 bridgehead atoms. The van der Waals surface area contributed by atoms with Crippen molar-refractivity contribution in [1.82, 2.24) is 9.97 Å². The standard InChI is InChI=1S/C17H17N3O/c1-2-6-14-16(18)19-11-20-17(14)21-15-10-5-8-12-7-3-4-9-13(12)15/h3-5,7-11H,2,6H2,1H3,(H2,18,19,20). The van der Waals surface area contributed by atoms with Gasteiger partial charge in [-0.15, -0.1) is 0 Å². The molecule has 0 saturated heterocycles. The molecule has 3 aromatic rings. The Balaban J connectivity index is 2.05. The first kappa shape index (κ1) is 13.4. The maximum Gasteiger partial charge on any atom is 0.227 e. The normalized spacial score (nSPS) is 10.7. The van der Waals surface area contributed by atoms with E-state index in [9.17, 15) is 0 Å². The summed E-state index contributed by atoms with van der Waals surface area (Å²) in [6.45, 7) is 2.09. The van der Waals surface area contributed by atoms with Crippen molar-refractivity contribution in [3.05, 3.63) is 54.4 Å². The Kier molecular flexibility index (Phi) is 3.69. The van der Waals surface area contributed by atoms with Crippen LogP contribution in [-0.4, -0.2) is 9.97 Å². The minimum Gasteiger partial charge on any atom is -0.438 e. The third kappa shape index (κ3) is 2.65. The molecule has 0 radical (unpaired) electrons. The predicted molar refractivity (Wildman–Crippen MR) is 84.5 cm³/mol. The summed E-state index contributed by atoms with van der Waals surface area (Å²) < 4.78 is 6.03. The lowest BCUT2D eigenvalue weighted by atomic mass is 10.1. The minimum absolute atomic E-state index is 0.488. The molecule has 0 fully saturated rings. The fourth-order valence-corrected chi connectivity index (χ4v) is 2.37. The first-order valence-corrected chi connectivity index (χ1v) is 7.04. The number of nitrogens with two attached hydrogens (primary N) is 1. The molecule has 21 heavy (non-hydrogen) atoms. The van der Waals surface area contributed by atoms with Crippen molar-refractivity contribution >= 4 is 16.6 Å². The molecule has 0 spiro atoms. The molecular weight excluding hydrogens is 262 g/mol. The second kappa shape index (κ2) is 5.79. The Bertz CT molecular complexity index is 766. The van der Waals surface area contributed by atoms with E-state index in [4.69, 9.17) is 10.5 Å². The van der Waals surface area contributed by atoms with E-state index >= 15 is 0 Å². The maximum atomic E-state index is 6.03. The highest BCUT2D eigenvalue weighted by Gasteiger charge is 2.12. The second-order valence-corrected chi connectivity index (χ2v) is 4.87. The highest BCUT2D eigenvalue weighted by molar-refractivity contribution is 5.88. The van der Waals surface area contributed by atoms with Gasteiger partial charge in [0.1, 0.15) is 17.9 Å². The molecule has 0 atom stereocenters. The number of anilines is 1. The summed E-state index contributed by atoms with van der Waals surface area (Å²) in [5.41, 5.74) is 6.81. The van der Waals surface area contributed by atoms with E-state index in [1.54, 1.807) is 0 Å². The molecule has 0 saturated carbocycles. The van der Waals surface area contributed by atoms with Crippen LogP contribution in [0.15, 0.2) is 48.8 Å². The summed E-state index contributed by atoms with van der Waals surface area (Å²) in [6.07, 6.45) is 3.20. The summed E-state index contributed by atoms with van der Waals surface area (Å²) in [4.78, 5) is 8.30. The van der Waals surface area contributed by atoms with Crippen molar-refractivity contribution in [2.45, 2.75) is 19.8 Å². The molecule has 0 aliphatic rings. The van der Waals surface area contributed by atoms with E-state index in [1.807, 2.05) is 30.3 Å². The van der Waals surface area contributed by atoms with E-state index < -0.39 is 0 Å². The molecule has 2 N–H and O–H groups in total. The molecule has 0 unspecified atom stereocenters. The van der Waals surface area contributed by atoms with Crippen LogP contribution in [0.3, 0.4) is 0 Å². The van der Waals surface area contributed by atoms with Crippen molar-refractivity contribution in [1.29, 1.82) is 0 Å². The summed E-state index contributed by atoms with van der Waals surface area (Å²) in [7, 11) is 0. The highest BCUT2D eigenvalue weighted by atomic mass is 16.5. The zero-order chi connectivity index (χ0) is 14.7. The average molecular weight is 279 g/mol. The zero-order valence-corrected chi connectivity index (χ0v) is 11.9. The van der Waals surface area contributed by atoms with Gasteiger partial charge < -0.3 is 10.5 Å². The number of benzene rings is 2. The second-order valence-electron chi connectivity index (χ2n) is 4.87. The number of aromatic nitrogens is 2. The van der Waals surface area contributed by atoms with Gasteiger partial charge in [0, 0.05) is 5.39 Å². The molecule has 0 aliphatic carbocycles. The molecule has 2 aromatic carbocycles. The van der Waals surface area contributed by atoms with E-state index in [0.717, 1.165) is 34.9 Å². The molecule has 4 heteroatoms. The first-order chi connectivity index (χ1) is 10.3. The molecule has 3 rings (SSSR count). The van der Waals surface area contributed by atoms with E-state index in [-0.39, 0.29) is 0 Å². The fourth-order valence-electron chi connectivity index (χ4n) is 2.37. The monoisotopic (exact) mass is 279 g/mol.